The molecule has 2 aromatic rings. The van der Waals surface area contributed by atoms with Gasteiger partial charge in [-0.15, -0.1) is 0 Å². The monoisotopic (exact) mass is 426 g/mol. The van der Waals surface area contributed by atoms with Gasteiger partial charge < -0.3 is 0 Å². The van der Waals surface area contributed by atoms with E-state index in [1.54, 1.807) is 44.6 Å². The van der Waals surface area contributed by atoms with Crippen molar-refractivity contribution in [1.29, 1.82) is 0 Å². The fraction of sp³-hybridized carbons (Fsp3) is 0.500. The number of piperazine rings is 1. The van der Waals surface area contributed by atoms with E-state index in [9.17, 15) is 16.8 Å². The second-order valence-corrected chi connectivity index (χ2v) is 11.0. The van der Waals surface area contributed by atoms with Crippen LogP contribution < -0.4 is 0 Å². The minimum absolute atomic E-state index is 0.111. The Morgan fingerprint density at radius 2 is 1.39 bits per heavy atom. The Morgan fingerprint density at radius 1 is 0.857 bits per heavy atom. The van der Waals surface area contributed by atoms with Gasteiger partial charge in [-0.2, -0.15) is 13.7 Å². The molecule has 0 radical (unpaired) electrons. The Morgan fingerprint density at radius 3 is 1.86 bits per heavy atom. The van der Waals surface area contributed by atoms with Gasteiger partial charge in [0.2, 0.25) is 20.0 Å². The highest BCUT2D eigenvalue weighted by Crippen LogP contribution is 2.26. The van der Waals surface area contributed by atoms with Gasteiger partial charge in [-0.05, 0) is 39.3 Å². The van der Waals surface area contributed by atoms with Gasteiger partial charge in [-0.25, -0.2) is 16.8 Å². The first-order chi connectivity index (χ1) is 13.0. The maximum Gasteiger partial charge on any atom is 0.246 e. The molecule has 154 valence electrons. The van der Waals surface area contributed by atoms with Crippen molar-refractivity contribution in [3.63, 3.8) is 0 Å². The zero-order valence-corrected chi connectivity index (χ0v) is 18.4. The first-order valence-electron chi connectivity index (χ1n) is 9.04. The zero-order valence-electron chi connectivity index (χ0n) is 16.8. The van der Waals surface area contributed by atoms with E-state index in [1.165, 1.54) is 8.61 Å². The summed E-state index contributed by atoms with van der Waals surface area (Å²) < 4.78 is 56.4. The predicted octanol–water partition coefficient (Wildman–Crippen LogP) is 1.35. The molecule has 1 aliphatic rings. The molecule has 1 saturated heterocycles. The smallest absolute Gasteiger partial charge is 0.246 e. The lowest BCUT2D eigenvalue weighted by Crippen LogP contribution is -2.50. The second kappa shape index (κ2) is 7.25. The molecule has 1 fully saturated rings. The van der Waals surface area contributed by atoms with Crippen LogP contribution in [0.25, 0.3) is 0 Å². The van der Waals surface area contributed by atoms with E-state index in [1.807, 2.05) is 13.0 Å². The van der Waals surface area contributed by atoms with Crippen molar-refractivity contribution in [2.24, 2.45) is 7.05 Å². The highest BCUT2D eigenvalue weighted by Gasteiger charge is 2.36. The Bertz CT molecular complexity index is 1110. The highest BCUT2D eigenvalue weighted by atomic mass is 32.2. The van der Waals surface area contributed by atoms with Crippen LogP contribution in [0.1, 0.15) is 22.5 Å². The molecule has 0 N–H and O–H groups in total. The van der Waals surface area contributed by atoms with E-state index < -0.39 is 20.0 Å². The zero-order chi connectivity index (χ0) is 20.9. The number of hydrogen-bond donors (Lipinski definition) is 0. The topological polar surface area (TPSA) is 92.6 Å². The molecule has 2 heterocycles. The summed E-state index contributed by atoms with van der Waals surface area (Å²) in [6.07, 6.45) is 0. The molecule has 28 heavy (non-hydrogen) atoms. The summed E-state index contributed by atoms with van der Waals surface area (Å²) in [5, 5.41) is 4.19. The molecule has 0 bridgehead atoms. The fourth-order valence-corrected chi connectivity index (χ4v) is 7.08. The van der Waals surface area contributed by atoms with Crippen LogP contribution >= 0.6 is 0 Å². The molecule has 1 aromatic carbocycles. The standard InChI is InChI=1S/C18H26N4O4S2/c1-13-6-7-17(14(2)12-13)27(23,24)21-8-10-22(11-9-21)28(25,26)18-15(3)19-20(5)16(18)4/h6-7,12H,8-11H2,1-5H3. The Labute approximate surface area is 166 Å². The number of nitrogens with zero attached hydrogens (tertiary/aromatic N) is 4. The van der Waals surface area contributed by atoms with Crippen molar-refractivity contribution < 1.29 is 16.8 Å². The molecule has 0 amide bonds. The molecule has 0 spiro atoms. The van der Waals surface area contributed by atoms with Crippen LogP contribution in [0.2, 0.25) is 0 Å². The van der Waals surface area contributed by atoms with Gasteiger partial charge in [0, 0.05) is 33.2 Å². The van der Waals surface area contributed by atoms with Crippen LogP contribution in [-0.2, 0) is 27.1 Å². The van der Waals surface area contributed by atoms with Crippen molar-refractivity contribution in [3.05, 3.63) is 40.7 Å². The SMILES string of the molecule is Cc1ccc(S(=O)(=O)N2CCN(S(=O)(=O)c3c(C)nn(C)c3C)CC2)c(C)c1. The van der Waals surface area contributed by atoms with Crippen LogP contribution in [-0.4, -0.2) is 61.4 Å². The van der Waals surface area contributed by atoms with Gasteiger partial charge in [0.05, 0.1) is 16.3 Å². The quantitative estimate of drug-likeness (QED) is 0.736. The third-order valence-electron chi connectivity index (χ3n) is 5.19. The molecule has 0 saturated carbocycles. The van der Waals surface area contributed by atoms with E-state index in [4.69, 9.17) is 0 Å². The van der Waals surface area contributed by atoms with Crippen LogP contribution in [0.15, 0.2) is 28.0 Å². The number of benzene rings is 1. The summed E-state index contributed by atoms with van der Waals surface area (Å²) >= 11 is 0. The van der Waals surface area contributed by atoms with Gasteiger partial charge in [0.15, 0.2) is 0 Å². The van der Waals surface area contributed by atoms with E-state index in [-0.39, 0.29) is 36.0 Å². The fourth-order valence-electron chi connectivity index (χ4n) is 3.63. The van der Waals surface area contributed by atoms with Crippen LogP contribution in [0, 0.1) is 27.7 Å². The number of aryl methyl sites for hydroxylation is 4. The summed E-state index contributed by atoms with van der Waals surface area (Å²) in [4.78, 5) is 0.481. The van der Waals surface area contributed by atoms with E-state index in [0.29, 0.717) is 17.0 Å². The molecular weight excluding hydrogens is 400 g/mol. The van der Waals surface area contributed by atoms with Gasteiger partial charge in [0.25, 0.3) is 0 Å². The third kappa shape index (κ3) is 3.49. The lowest BCUT2D eigenvalue weighted by atomic mass is 10.2. The number of rotatable bonds is 4. The molecule has 10 heteroatoms. The number of hydrogen-bond acceptors (Lipinski definition) is 5. The summed E-state index contributed by atoms with van der Waals surface area (Å²) in [7, 11) is -5.68. The average molecular weight is 427 g/mol. The van der Waals surface area contributed by atoms with Crippen molar-refractivity contribution in [2.45, 2.75) is 37.5 Å². The second-order valence-electron chi connectivity index (χ2n) is 7.20. The van der Waals surface area contributed by atoms with Crippen molar-refractivity contribution in [2.75, 3.05) is 26.2 Å². The van der Waals surface area contributed by atoms with Crippen LogP contribution in [0.4, 0.5) is 0 Å². The lowest BCUT2D eigenvalue weighted by Gasteiger charge is -2.33. The maximum atomic E-state index is 13.1. The number of aromatic nitrogens is 2. The lowest BCUT2D eigenvalue weighted by molar-refractivity contribution is 0.272. The molecule has 3 rings (SSSR count). The van der Waals surface area contributed by atoms with Gasteiger partial charge in [-0.3, -0.25) is 4.68 Å². The average Bonchev–Trinajstić information content (AvgIpc) is 2.87. The first-order valence-corrected chi connectivity index (χ1v) is 11.9. The molecule has 0 aliphatic carbocycles. The highest BCUT2D eigenvalue weighted by molar-refractivity contribution is 7.89. The first kappa shape index (κ1) is 21.0. The molecule has 1 aromatic heterocycles. The van der Waals surface area contributed by atoms with Crippen molar-refractivity contribution >= 4 is 20.0 Å². The van der Waals surface area contributed by atoms with Gasteiger partial charge in [0.1, 0.15) is 4.90 Å². The molecule has 0 atom stereocenters. The minimum Gasteiger partial charge on any atom is -0.271 e. The molecule has 0 unspecified atom stereocenters. The van der Waals surface area contributed by atoms with E-state index >= 15 is 0 Å². The summed E-state index contributed by atoms with van der Waals surface area (Å²) in [5.74, 6) is 0. The number of sulfonamides is 2. The van der Waals surface area contributed by atoms with Crippen LogP contribution in [0.5, 0.6) is 0 Å². The maximum absolute atomic E-state index is 13.1. The third-order valence-corrected chi connectivity index (χ3v) is 9.40. The Balaban J connectivity index is 1.82. The minimum atomic E-state index is -3.72. The predicted molar refractivity (Wildman–Crippen MR) is 106 cm³/mol. The molecular formula is C18H26N4O4S2. The van der Waals surface area contributed by atoms with Crippen molar-refractivity contribution in [1.82, 2.24) is 18.4 Å². The molecule has 1 aliphatic heterocycles. The normalized spacial score (nSPS) is 17.2. The van der Waals surface area contributed by atoms with Gasteiger partial charge in [-0.1, -0.05) is 17.7 Å². The van der Waals surface area contributed by atoms with Gasteiger partial charge >= 0.3 is 0 Å². The Hall–Kier alpha value is -1.75. The largest absolute Gasteiger partial charge is 0.271 e. The van der Waals surface area contributed by atoms with Crippen molar-refractivity contribution in [3.8, 4) is 0 Å². The van der Waals surface area contributed by atoms with E-state index in [2.05, 4.69) is 5.10 Å². The summed E-state index contributed by atoms with van der Waals surface area (Å²) in [5.41, 5.74) is 2.71. The summed E-state index contributed by atoms with van der Waals surface area (Å²) in [6.45, 7) is 7.53. The summed E-state index contributed by atoms with van der Waals surface area (Å²) in [6, 6.07) is 5.22. The molecule has 8 nitrogen and oxygen atoms in total. The Kier molecular flexibility index (Phi) is 5.43. The van der Waals surface area contributed by atoms with E-state index in [0.717, 1.165) is 5.56 Å². The van der Waals surface area contributed by atoms with Crippen LogP contribution in [0.3, 0.4) is 0 Å².